The summed E-state index contributed by atoms with van der Waals surface area (Å²) < 4.78 is 13.5. The minimum absolute atomic E-state index is 0. The molecule has 9 heterocycles. The van der Waals surface area contributed by atoms with Crippen LogP contribution in [0.15, 0.2) is 370 Å². The maximum atomic E-state index is 5.19. The molecule has 718 valence electrons. The summed E-state index contributed by atoms with van der Waals surface area (Å²) in [5.74, 6) is 2.71. The molecule has 0 spiro atoms. The van der Waals surface area contributed by atoms with Crippen molar-refractivity contribution < 1.29 is 63.2 Å². The first-order valence-electron chi connectivity index (χ1n) is 49.0. The molecule has 31 rings (SSSR count). The molecule has 25 aromatic rings. The molecule has 0 atom stereocenters. The van der Waals surface area contributed by atoms with Gasteiger partial charge in [-0.25, -0.2) is 0 Å². The summed E-state index contributed by atoms with van der Waals surface area (Å²) in [7, 11) is 12.6. The van der Waals surface area contributed by atoms with Gasteiger partial charge in [0.2, 0.25) is 0 Å². The number of hydrogen-bond donors (Lipinski definition) is 0. The topological polar surface area (TPSA) is 87.7 Å². The van der Waals surface area contributed by atoms with E-state index >= 15 is 0 Å². The third-order valence-electron chi connectivity index (χ3n) is 30.3. The standard InChI is InChI=1S/C47H32N5.2C41H28N5.3Pt/c1-49-29-51(44-20-8-7-19-43(44)49)34-12-9-13-35(28-34)52-45-27-32(47-48-41-17-5-6-18-42(41)50(47)2)22-24-39(45)40-16-10-15-38(46(40)52)31-21-23-37-33(26-31)25-30-11-3-4-14-36(30)37;1-43-25-45(38-17-8-7-16-37(38)43)29-11-9-12-30(23-29)46-36-15-6-5-14-32(36)33-19-18-27(22-39(33)46)41-42-35-21-28-20-26-10-3-4-13-31(26)34(28)24-40(35)44(41)2;1-43-25-45(38-17-8-7-16-37(38)43)29-11-9-12-30(23-29)46-36-15-6-5-14-32(36)33-19-18-27(21-39(33)46)41-42-35-24-34-28(22-40(35)44(41)2)20-26-10-3-4-13-31(26)34;;;/h3-24,26,29H,25H2,1-2H3;3-19,21,24-25H,20H2,1-2H3;3-19,22,24-25H,20H2,1-2H3;;;/q3*-3;;;. The number of nitrogens with zero attached hydrogens (tertiary/aromatic N) is 15. The monoisotopic (exact) mass is 2430 g/mol. The Morgan fingerprint density at radius 1 is 0.224 bits per heavy atom. The van der Waals surface area contributed by atoms with E-state index in [2.05, 4.69) is 519 Å². The Morgan fingerprint density at radius 3 is 1.05 bits per heavy atom. The number of imidazole rings is 3. The van der Waals surface area contributed by atoms with Crippen LogP contribution in [0.5, 0.6) is 0 Å². The Bertz CT molecular complexity index is 9530. The normalized spacial score (nSPS) is 13.2. The number of benzene rings is 19. The van der Waals surface area contributed by atoms with Crippen LogP contribution in [-0.2, 0) is 104 Å². The van der Waals surface area contributed by atoms with Crippen LogP contribution in [0.1, 0.15) is 33.4 Å². The summed E-state index contributed by atoms with van der Waals surface area (Å²) in [5, 5.41) is 7.02. The minimum Gasteiger partial charge on any atom is -0.504 e. The van der Waals surface area contributed by atoms with Crippen molar-refractivity contribution in [1.82, 2.24) is 42.4 Å². The Morgan fingerprint density at radius 2 is 0.565 bits per heavy atom. The van der Waals surface area contributed by atoms with E-state index in [1.165, 1.54) is 111 Å². The number of aryl methyl sites for hydroxylation is 3. The Labute approximate surface area is 894 Å². The van der Waals surface area contributed by atoms with Crippen molar-refractivity contribution in [3.8, 4) is 95.7 Å². The zero-order chi connectivity index (χ0) is 95.5. The fourth-order valence-corrected chi connectivity index (χ4v) is 23.5. The van der Waals surface area contributed by atoms with Crippen molar-refractivity contribution in [2.45, 2.75) is 19.3 Å². The number of para-hydroxylation sites is 11. The van der Waals surface area contributed by atoms with Gasteiger partial charge in [0.05, 0.1) is 50.6 Å². The molecule has 0 saturated heterocycles. The maximum Gasteiger partial charge on any atom is 0.0777 e. The number of anilines is 9. The SMILES string of the molecule is CN1[CH-]N(c2[c-]c(-n3c4[c-]c(-c5nc6cc7c(cc6n5C)-c5ccccc5C7)ccc4c4ccccc43)ccc2)c2ccccc21.CN1[CH-]N(c2[c-]c(-n3c4[c-]c(-c5nc6cc7c(cc6n5C)Cc5ccccc5-7)ccc4c4ccccc43)ccc2)c2ccccc21.CN1[CH-]N(c2[c-]c(-n3c4[c-]c(-c5nc6ccccc6n5C)ccc4c4cccc(-c5ccc6c(c5)Cc5ccccc5-6)c43)ccc2)c2ccccc21.[Pt].[Pt].[Pt]. The van der Waals surface area contributed by atoms with Crippen molar-refractivity contribution in [1.29, 1.82) is 0 Å². The molecular weight excluding hydrogens is 2340 g/mol. The van der Waals surface area contributed by atoms with Crippen LogP contribution in [0, 0.1) is 56.4 Å². The first-order chi connectivity index (χ1) is 70.8. The molecule has 6 aliphatic rings. The predicted octanol–water partition coefficient (Wildman–Crippen LogP) is 29.3. The van der Waals surface area contributed by atoms with Crippen LogP contribution >= 0.6 is 0 Å². The van der Waals surface area contributed by atoms with Crippen LogP contribution < -0.4 is 29.4 Å². The molecule has 0 N–H and O–H groups in total. The summed E-state index contributed by atoms with van der Waals surface area (Å²) in [4.78, 5) is 28.5. The second-order valence-corrected chi connectivity index (χ2v) is 38.5. The molecule has 0 amide bonds. The van der Waals surface area contributed by atoms with E-state index < -0.39 is 0 Å². The zero-order valence-electron chi connectivity index (χ0n) is 80.7. The van der Waals surface area contributed by atoms with E-state index in [1.807, 2.05) is 6.07 Å². The van der Waals surface area contributed by atoms with Crippen molar-refractivity contribution in [2.75, 3.05) is 50.5 Å². The second-order valence-electron chi connectivity index (χ2n) is 38.5. The van der Waals surface area contributed by atoms with Crippen LogP contribution in [0.4, 0.5) is 51.2 Å². The van der Waals surface area contributed by atoms with Gasteiger partial charge in [-0.1, -0.05) is 227 Å². The average molecular weight is 2430 g/mol. The van der Waals surface area contributed by atoms with Crippen molar-refractivity contribution in [3.05, 3.63) is 460 Å². The first kappa shape index (κ1) is 90.8. The molecule has 6 aromatic heterocycles. The van der Waals surface area contributed by atoms with Crippen molar-refractivity contribution in [2.24, 2.45) is 21.1 Å². The molecule has 3 aliphatic heterocycles. The van der Waals surface area contributed by atoms with Crippen LogP contribution in [-0.4, -0.2) is 63.5 Å². The first-order valence-corrected chi connectivity index (χ1v) is 49.0. The quantitative estimate of drug-likeness (QED) is 0.124. The maximum absolute atomic E-state index is 5.19. The van der Waals surface area contributed by atoms with E-state index in [0.29, 0.717) is 0 Å². The Kier molecular flexibility index (Phi) is 22.0. The van der Waals surface area contributed by atoms with Gasteiger partial charge in [0, 0.05) is 141 Å². The molecule has 15 nitrogen and oxygen atoms in total. The fraction of sp³-hybridized carbons (Fsp3) is 0.0698. The van der Waals surface area contributed by atoms with E-state index in [1.54, 1.807) is 0 Å². The van der Waals surface area contributed by atoms with Gasteiger partial charge in [-0.2, -0.15) is 38.2 Å². The third-order valence-corrected chi connectivity index (χ3v) is 30.3. The van der Waals surface area contributed by atoms with Crippen molar-refractivity contribution in [3.63, 3.8) is 0 Å². The fourth-order valence-electron chi connectivity index (χ4n) is 23.5. The number of aromatic nitrogens is 9. The van der Waals surface area contributed by atoms with Gasteiger partial charge < -0.3 is 56.8 Å². The molecule has 0 radical (unpaired) electrons. The smallest absolute Gasteiger partial charge is 0.0777 e. The molecule has 0 unspecified atom stereocenters. The molecule has 147 heavy (non-hydrogen) atoms. The summed E-state index contributed by atoms with van der Waals surface area (Å²) in [6.07, 6.45) is 2.87. The summed E-state index contributed by atoms with van der Waals surface area (Å²) in [6, 6.07) is 155. The molecule has 3 aliphatic carbocycles. The van der Waals surface area contributed by atoms with Gasteiger partial charge in [-0.05, 0) is 230 Å². The average Bonchev–Trinajstić information content (AvgIpc) is 1.56. The van der Waals surface area contributed by atoms with E-state index in [4.69, 9.17) is 15.0 Å². The summed E-state index contributed by atoms with van der Waals surface area (Å²) in [6.45, 7) is 6.38. The molecule has 0 saturated carbocycles. The molecule has 0 bridgehead atoms. The summed E-state index contributed by atoms with van der Waals surface area (Å²) in [5.41, 5.74) is 47.0. The van der Waals surface area contributed by atoms with Crippen LogP contribution in [0.3, 0.4) is 0 Å². The minimum atomic E-state index is 0. The molecule has 18 heteroatoms. The Hall–Kier alpha value is -16.1. The number of hydrogen-bond acceptors (Lipinski definition) is 9. The van der Waals surface area contributed by atoms with E-state index in [0.717, 1.165) is 187 Å². The number of rotatable bonds is 10. The van der Waals surface area contributed by atoms with Gasteiger partial charge >= 0.3 is 0 Å². The largest absolute Gasteiger partial charge is 0.504 e. The van der Waals surface area contributed by atoms with Crippen molar-refractivity contribution >= 4 is 150 Å². The van der Waals surface area contributed by atoms with Gasteiger partial charge in [-0.15, -0.1) is 143 Å². The molecule has 19 aromatic carbocycles. The predicted molar refractivity (Wildman–Crippen MR) is 588 cm³/mol. The Balaban J connectivity index is 0.000000111. The van der Waals surface area contributed by atoms with Crippen LogP contribution in [0.25, 0.3) is 194 Å². The van der Waals surface area contributed by atoms with E-state index in [9.17, 15) is 0 Å². The third kappa shape index (κ3) is 14.5. The van der Waals surface area contributed by atoms with Gasteiger partial charge in [-0.3, -0.25) is 15.0 Å². The summed E-state index contributed by atoms with van der Waals surface area (Å²) >= 11 is 0. The number of fused-ring (bicyclic) bond motifs is 24. The van der Waals surface area contributed by atoms with Crippen LogP contribution in [0.2, 0.25) is 0 Å². The van der Waals surface area contributed by atoms with E-state index in [-0.39, 0.29) is 63.2 Å². The molecule has 0 fully saturated rings. The van der Waals surface area contributed by atoms with Gasteiger partial charge in [0.1, 0.15) is 0 Å². The van der Waals surface area contributed by atoms with Gasteiger partial charge in [0.15, 0.2) is 0 Å². The molecular formula is C129H88N15Pt3-9. The zero-order valence-corrected chi connectivity index (χ0v) is 87.5. The van der Waals surface area contributed by atoms with Gasteiger partial charge in [0.25, 0.3) is 0 Å². The second kappa shape index (κ2) is 35.7.